The van der Waals surface area contributed by atoms with Gasteiger partial charge in [-0.1, -0.05) is 0 Å². The second-order valence-electron chi connectivity index (χ2n) is 2.64. The molecule has 0 saturated carbocycles. The summed E-state index contributed by atoms with van der Waals surface area (Å²) in [7, 11) is 0. The third kappa shape index (κ3) is 2.08. The van der Waals surface area contributed by atoms with Crippen LogP contribution in [0.5, 0.6) is 0 Å². The van der Waals surface area contributed by atoms with Gasteiger partial charge in [0.05, 0.1) is 12.1 Å². The Morgan fingerprint density at radius 1 is 1.58 bits per heavy atom. The van der Waals surface area contributed by atoms with E-state index in [0.717, 1.165) is 5.69 Å². The minimum Gasteiger partial charge on any atom is -0.481 e. The first kappa shape index (κ1) is 8.77. The van der Waals surface area contributed by atoms with Crippen LogP contribution in [0.25, 0.3) is 0 Å². The average molecular weight is 169 g/mol. The van der Waals surface area contributed by atoms with Crippen molar-refractivity contribution in [3.05, 3.63) is 17.3 Å². The molecule has 0 spiro atoms. The molecule has 66 valence electrons. The normalized spacial score (nSPS) is 10.2. The molecule has 1 aromatic heterocycles. The largest absolute Gasteiger partial charge is 0.481 e. The summed E-state index contributed by atoms with van der Waals surface area (Å²) in [5.74, 6) is 0.450. The predicted octanol–water partition coefficient (Wildman–Crippen LogP) is 1.31. The Labute approximate surface area is 70.2 Å². The van der Waals surface area contributed by atoms with Crippen LogP contribution < -0.4 is 0 Å². The lowest BCUT2D eigenvalue weighted by atomic mass is 10.2. The van der Waals surface area contributed by atoms with Crippen molar-refractivity contribution in [1.82, 2.24) is 4.98 Å². The number of aryl methyl sites for hydroxylation is 3. The molecule has 0 radical (unpaired) electrons. The monoisotopic (exact) mass is 169 g/mol. The molecule has 0 saturated heterocycles. The minimum atomic E-state index is -0.816. The lowest BCUT2D eigenvalue weighted by Gasteiger charge is -1.92. The van der Waals surface area contributed by atoms with E-state index in [1.54, 1.807) is 6.92 Å². The molecule has 12 heavy (non-hydrogen) atoms. The zero-order valence-corrected chi connectivity index (χ0v) is 7.13. The average Bonchev–Trinajstić information content (AvgIpc) is 2.26. The quantitative estimate of drug-likeness (QED) is 0.740. The number of hydrogen-bond acceptors (Lipinski definition) is 3. The van der Waals surface area contributed by atoms with Gasteiger partial charge in [0.1, 0.15) is 5.76 Å². The van der Waals surface area contributed by atoms with Crippen molar-refractivity contribution in [2.75, 3.05) is 0 Å². The molecule has 0 atom stereocenters. The van der Waals surface area contributed by atoms with E-state index in [0.29, 0.717) is 18.1 Å². The molecule has 0 unspecified atom stereocenters. The molecule has 0 aromatic carbocycles. The maximum Gasteiger partial charge on any atom is 0.303 e. The highest BCUT2D eigenvalue weighted by Gasteiger charge is 2.07. The topological polar surface area (TPSA) is 63.3 Å². The van der Waals surface area contributed by atoms with Crippen molar-refractivity contribution < 1.29 is 14.3 Å². The molecule has 4 heteroatoms. The molecule has 1 heterocycles. The van der Waals surface area contributed by atoms with E-state index < -0.39 is 5.97 Å². The van der Waals surface area contributed by atoms with Gasteiger partial charge in [-0.3, -0.25) is 4.79 Å². The van der Waals surface area contributed by atoms with Gasteiger partial charge in [-0.25, -0.2) is 4.98 Å². The van der Waals surface area contributed by atoms with Crippen molar-refractivity contribution in [3.63, 3.8) is 0 Å². The van der Waals surface area contributed by atoms with Crippen LogP contribution in [-0.4, -0.2) is 16.1 Å². The van der Waals surface area contributed by atoms with Gasteiger partial charge in [-0.05, 0) is 6.92 Å². The Morgan fingerprint density at radius 2 is 2.25 bits per heavy atom. The first-order chi connectivity index (χ1) is 5.59. The van der Waals surface area contributed by atoms with Crippen molar-refractivity contribution in [2.24, 2.45) is 0 Å². The number of carbonyl (C=O) groups is 1. The van der Waals surface area contributed by atoms with E-state index in [-0.39, 0.29) is 6.42 Å². The maximum atomic E-state index is 10.2. The number of carboxylic acid groups (broad SMARTS) is 1. The van der Waals surface area contributed by atoms with Crippen LogP contribution in [0.4, 0.5) is 0 Å². The van der Waals surface area contributed by atoms with Crippen LogP contribution in [0.2, 0.25) is 0 Å². The van der Waals surface area contributed by atoms with Crippen molar-refractivity contribution in [2.45, 2.75) is 26.7 Å². The van der Waals surface area contributed by atoms with Crippen LogP contribution in [0.15, 0.2) is 4.42 Å². The first-order valence-electron chi connectivity index (χ1n) is 3.74. The fraction of sp³-hybridized carbons (Fsp3) is 0.500. The van der Waals surface area contributed by atoms with Crippen LogP contribution in [0.3, 0.4) is 0 Å². The second-order valence-corrected chi connectivity index (χ2v) is 2.64. The minimum absolute atomic E-state index is 0.0927. The molecule has 0 amide bonds. The molecule has 1 N–H and O–H groups in total. The van der Waals surface area contributed by atoms with Crippen LogP contribution >= 0.6 is 0 Å². The maximum absolute atomic E-state index is 10.2. The number of rotatable bonds is 3. The van der Waals surface area contributed by atoms with Gasteiger partial charge in [-0.2, -0.15) is 0 Å². The summed E-state index contributed by atoms with van der Waals surface area (Å²) in [5.41, 5.74) is 0.786. The van der Waals surface area contributed by atoms with E-state index in [1.165, 1.54) is 0 Å². The predicted molar refractivity (Wildman–Crippen MR) is 41.9 cm³/mol. The number of carboxylic acids is 1. The molecule has 1 aromatic rings. The van der Waals surface area contributed by atoms with Gasteiger partial charge in [0.15, 0.2) is 5.89 Å². The highest BCUT2D eigenvalue weighted by atomic mass is 16.4. The van der Waals surface area contributed by atoms with E-state index in [1.807, 2.05) is 6.92 Å². The van der Waals surface area contributed by atoms with Gasteiger partial charge >= 0.3 is 5.97 Å². The lowest BCUT2D eigenvalue weighted by Crippen LogP contribution is -1.97. The van der Waals surface area contributed by atoms with E-state index in [2.05, 4.69) is 4.98 Å². The Balaban J connectivity index is 2.62. The first-order valence-corrected chi connectivity index (χ1v) is 3.74. The molecule has 4 nitrogen and oxygen atoms in total. The fourth-order valence-corrected chi connectivity index (χ4v) is 1.03. The van der Waals surface area contributed by atoms with Crippen LogP contribution in [0, 0.1) is 13.8 Å². The summed E-state index contributed by atoms with van der Waals surface area (Å²) < 4.78 is 5.19. The van der Waals surface area contributed by atoms with Crippen molar-refractivity contribution in [3.8, 4) is 0 Å². The molecule has 0 aliphatic heterocycles. The van der Waals surface area contributed by atoms with E-state index in [9.17, 15) is 4.79 Å². The lowest BCUT2D eigenvalue weighted by molar-refractivity contribution is -0.137. The third-order valence-electron chi connectivity index (χ3n) is 1.57. The zero-order chi connectivity index (χ0) is 9.14. The molecule has 0 aliphatic carbocycles. The third-order valence-corrected chi connectivity index (χ3v) is 1.57. The number of aliphatic carboxylic acids is 1. The van der Waals surface area contributed by atoms with Crippen molar-refractivity contribution >= 4 is 5.97 Å². The molecule has 0 aliphatic rings. The number of hydrogen-bond donors (Lipinski definition) is 1. The Kier molecular flexibility index (Phi) is 2.47. The fourth-order valence-electron chi connectivity index (χ4n) is 1.03. The second kappa shape index (κ2) is 3.38. The van der Waals surface area contributed by atoms with Gasteiger partial charge in [0.2, 0.25) is 0 Å². The van der Waals surface area contributed by atoms with Crippen LogP contribution in [-0.2, 0) is 11.2 Å². The molecule has 1 rings (SSSR count). The van der Waals surface area contributed by atoms with Gasteiger partial charge in [0, 0.05) is 13.3 Å². The molecule has 0 bridgehead atoms. The summed E-state index contributed by atoms with van der Waals surface area (Å²) >= 11 is 0. The summed E-state index contributed by atoms with van der Waals surface area (Å²) in [5, 5.41) is 8.41. The smallest absolute Gasteiger partial charge is 0.303 e. The zero-order valence-electron chi connectivity index (χ0n) is 7.13. The van der Waals surface area contributed by atoms with E-state index in [4.69, 9.17) is 9.52 Å². The van der Waals surface area contributed by atoms with E-state index >= 15 is 0 Å². The highest BCUT2D eigenvalue weighted by Crippen LogP contribution is 2.11. The Hall–Kier alpha value is -1.32. The van der Waals surface area contributed by atoms with Gasteiger partial charge in [-0.15, -0.1) is 0 Å². The van der Waals surface area contributed by atoms with Crippen LogP contribution in [0.1, 0.15) is 23.8 Å². The number of aromatic nitrogens is 1. The number of nitrogens with zero attached hydrogens (tertiary/aromatic N) is 1. The van der Waals surface area contributed by atoms with Gasteiger partial charge in [0.25, 0.3) is 0 Å². The summed E-state index contributed by atoms with van der Waals surface area (Å²) in [6.45, 7) is 3.56. The van der Waals surface area contributed by atoms with Crippen molar-refractivity contribution in [1.29, 1.82) is 0 Å². The number of oxazole rings is 1. The van der Waals surface area contributed by atoms with Gasteiger partial charge < -0.3 is 9.52 Å². The molecular formula is C8H11NO3. The summed E-state index contributed by atoms with van der Waals surface area (Å²) in [6, 6.07) is 0. The summed E-state index contributed by atoms with van der Waals surface area (Å²) in [4.78, 5) is 14.3. The molecule has 0 fully saturated rings. The Morgan fingerprint density at radius 3 is 2.67 bits per heavy atom. The molecular weight excluding hydrogens is 158 g/mol. The SMILES string of the molecule is Cc1nc(C)c(CCC(=O)O)o1. The summed E-state index contributed by atoms with van der Waals surface area (Å²) in [6.07, 6.45) is 0.511. The standard InChI is InChI=1S/C8H11NO3/c1-5-7(3-4-8(10)11)12-6(2)9-5/h3-4H2,1-2H3,(H,10,11). The Bertz CT molecular complexity index is 290. The highest BCUT2D eigenvalue weighted by molar-refractivity contribution is 5.66.